The Morgan fingerprint density at radius 1 is 0.969 bits per heavy atom. The van der Waals surface area contributed by atoms with Gasteiger partial charge in [0.25, 0.3) is 10.0 Å². The zero-order valence-corrected chi connectivity index (χ0v) is 20.4. The van der Waals surface area contributed by atoms with E-state index in [2.05, 4.69) is 15.9 Å². The summed E-state index contributed by atoms with van der Waals surface area (Å²) in [7, 11) is -3.96. The van der Waals surface area contributed by atoms with Crippen LogP contribution in [0.4, 0.5) is 10.5 Å². The summed E-state index contributed by atoms with van der Waals surface area (Å²) in [6.45, 7) is 4.88. The molecule has 0 bridgehead atoms. The summed E-state index contributed by atoms with van der Waals surface area (Å²) in [5.74, 6) is -0.327. The molecule has 2 amide bonds. The number of carbonyl (C=O) groups is 2. The Hall–Kier alpha value is -2.59. The maximum absolute atomic E-state index is 13.4. The lowest BCUT2D eigenvalue weighted by Crippen LogP contribution is -2.53. The van der Waals surface area contributed by atoms with Crippen LogP contribution in [0.15, 0.2) is 57.9 Å². The predicted octanol–water partition coefficient (Wildman–Crippen LogP) is 3.25. The predicted molar refractivity (Wildman–Crippen MR) is 125 cm³/mol. The number of hydrogen-bond donors (Lipinski definition) is 0. The zero-order chi connectivity index (χ0) is 23.3. The summed E-state index contributed by atoms with van der Waals surface area (Å²) < 4.78 is 33.8. The first kappa shape index (κ1) is 24.1. The smallest absolute Gasteiger partial charge is 0.409 e. The van der Waals surface area contributed by atoms with Gasteiger partial charge < -0.3 is 14.5 Å². The molecule has 2 aromatic carbocycles. The van der Waals surface area contributed by atoms with Crippen LogP contribution in [0.3, 0.4) is 0 Å². The van der Waals surface area contributed by atoms with Crippen LogP contribution in [0.1, 0.15) is 12.5 Å². The van der Waals surface area contributed by atoms with Gasteiger partial charge in [0.15, 0.2) is 0 Å². The number of nitrogens with zero attached hydrogens (tertiary/aromatic N) is 3. The third-order valence-corrected chi connectivity index (χ3v) is 7.48. The molecule has 2 aromatic rings. The SMILES string of the molecule is CCOC(=O)N1CCN(C(=O)CN(c2ccc(Br)cc2)S(=O)(=O)c2ccc(C)cc2)CC1. The molecule has 8 nitrogen and oxygen atoms in total. The van der Waals surface area contributed by atoms with Gasteiger partial charge in [0.05, 0.1) is 17.2 Å². The Kier molecular flexibility index (Phi) is 7.78. The van der Waals surface area contributed by atoms with Gasteiger partial charge in [-0.25, -0.2) is 13.2 Å². The van der Waals surface area contributed by atoms with Gasteiger partial charge >= 0.3 is 6.09 Å². The number of hydrogen-bond acceptors (Lipinski definition) is 5. The second kappa shape index (κ2) is 10.4. The summed E-state index contributed by atoms with van der Waals surface area (Å²) in [5, 5.41) is 0. The highest BCUT2D eigenvalue weighted by molar-refractivity contribution is 9.10. The molecule has 1 aliphatic heterocycles. The van der Waals surface area contributed by atoms with Gasteiger partial charge in [0, 0.05) is 30.7 Å². The third kappa shape index (κ3) is 5.60. The highest BCUT2D eigenvalue weighted by atomic mass is 79.9. The van der Waals surface area contributed by atoms with Crippen LogP contribution >= 0.6 is 15.9 Å². The van der Waals surface area contributed by atoms with Crippen LogP contribution in [-0.4, -0.2) is 69.5 Å². The average molecular weight is 524 g/mol. The van der Waals surface area contributed by atoms with Crippen LogP contribution in [0, 0.1) is 6.92 Å². The number of ether oxygens (including phenoxy) is 1. The van der Waals surface area contributed by atoms with E-state index in [0.29, 0.717) is 31.9 Å². The molecule has 1 fully saturated rings. The van der Waals surface area contributed by atoms with Crippen molar-refractivity contribution in [3.8, 4) is 0 Å². The molecule has 1 heterocycles. The molecule has 0 saturated carbocycles. The summed E-state index contributed by atoms with van der Waals surface area (Å²) in [5.41, 5.74) is 1.34. The molecule has 0 N–H and O–H groups in total. The van der Waals surface area contributed by atoms with E-state index >= 15 is 0 Å². The second-order valence-electron chi connectivity index (χ2n) is 7.37. The van der Waals surface area contributed by atoms with Crippen molar-refractivity contribution < 1.29 is 22.7 Å². The first-order valence-corrected chi connectivity index (χ1v) is 12.5. The minimum atomic E-state index is -3.96. The molecule has 0 atom stereocenters. The molecular weight excluding hydrogens is 498 g/mol. The molecule has 0 spiro atoms. The van der Waals surface area contributed by atoms with E-state index in [1.807, 2.05) is 6.92 Å². The van der Waals surface area contributed by atoms with Crippen LogP contribution in [-0.2, 0) is 19.6 Å². The van der Waals surface area contributed by atoms with Crippen molar-refractivity contribution in [1.29, 1.82) is 0 Å². The largest absolute Gasteiger partial charge is 0.450 e. The topological polar surface area (TPSA) is 87.2 Å². The van der Waals surface area contributed by atoms with Gasteiger partial charge in [-0.05, 0) is 50.2 Å². The Morgan fingerprint density at radius 2 is 1.53 bits per heavy atom. The number of anilines is 1. The van der Waals surface area contributed by atoms with Crippen LogP contribution < -0.4 is 4.31 Å². The number of amides is 2. The van der Waals surface area contributed by atoms with Crippen LogP contribution in [0.25, 0.3) is 0 Å². The fourth-order valence-electron chi connectivity index (χ4n) is 3.34. The van der Waals surface area contributed by atoms with Crippen molar-refractivity contribution in [2.75, 3.05) is 43.6 Å². The molecular formula is C22H26BrN3O5S. The van der Waals surface area contributed by atoms with E-state index in [4.69, 9.17) is 4.74 Å². The summed E-state index contributed by atoms with van der Waals surface area (Å²) in [6.07, 6.45) is -0.405. The maximum atomic E-state index is 13.4. The van der Waals surface area contributed by atoms with Crippen molar-refractivity contribution in [3.05, 3.63) is 58.6 Å². The molecule has 3 rings (SSSR count). The minimum absolute atomic E-state index is 0.117. The molecule has 172 valence electrons. The summed E-state index contributed by atoms with van der Waals surface area (Å²) >= 11 is 3.35. The van der Waals surface area contributed by atoms with Gasteiger partial charge in [0.2, 0.25) is 5.91 Å². The highest BCUT2D eigenvalue weighted by Gasteiger charge is 2.31. The van der Waals surface area contributed by atoms with Gasteiger partial charge in [0.1, 0.15) is 6.54 Å². The lowest BCUT2D eigenvalue weighted by atomic mass is 10.2. The Balaban J connectivity index is 1.80. The van der Waals surface area contributed by atoms with Gasteiger partial charge in [-0.1, -0.05) is 33.6 Å². The van der Waals surface area contributed by atoms with E-state index in [1.165, 1.54) is 0 Å². The van der Waals surface area contributed by atoms with Gasteiger partial charge in [-0.3, -0.25) is 9.10 Å². The zero-order valence-electron chi connectivity index (χ0n) is 18.0. The Bertz CT molecular complexity index is 1050. The van der Waals surface area contributed by atoms with E-state index in [0.717, 1.165) is 14.3 Å². The van der Waals surface area contributed by atoms with Crippen molar-refractivity contribution in [3.63, 3.8) is 0 Å². The maximum Gasteiger partial charge on any atom is 0.409 e. The standard InChI is InChI=1S/C22H26BrN3O5S/c1-3-31-22(28)25-14-12-24(13-15-25)21(27)16-26(19-8-6-18(23)7-9-19)32(29,30)20-10-4-17(2)5-11-20/h4-11H,3,12-16H2,1-2H3. The number of rotatable bonds is 6. The van der Waals surface area contributed by atoms with Gasteiger partial charge in [-0.2, -0.15) is 0 Å². The lowest BCUT2D eigenvalue weighted by molar-refractivity contribution is -0.131. The number of halogens is 1. The number of piperazine rings is 1. The van der Waals surface area contributed by atoms with Crippen LogP contribution in [0.5, 0.6) is 0 Å². The molecule has 1 aliphatic rings. The average Bonchev–Trinajstić information content (AvgIpc) is 2.78. The molecule has 1 saturated heterocycles. The van der Waals surface area contributed by atoms with E-state index in [9.17, 15) is 18.0 Å². The molecule has 0 unspecified atom stereocenters. The number of sulfonamides is 1. The first-order valence-electron chi connectivity index (χ1n) is 10.3. The van der Waals surface area contributed by atoms with Crippen molar-refractivity contribution in [2.45, 2.75) is 18.7 Å². The minimum Gasteiger partial charge on any atom is -0.450 e. The molecule has 10 heteroatoms. The van der Waals surface area contributed by atoms with Gasteiger partial charge in [-0.15, -0.1) is 0 Å². The van der Waals surface area contributed by atoms with E-state index in [1.54, 1.807) is 65.3 Å². The number of benzene rings is 2. The monoisotopic (exact) mass is 523 g/mol. The summed E-state index contributed by atoms with van der Waals surface area (Å²) in [6, 6.07) is 13.3. The normalized spacial score (nSPS) is 14.2. The van der Waals surface area contributed by atoms with Crippen molar-refractivity contribution in [1.82, 2.24) is 9.80 Å². The Morgan fingerprint density at radius 3 is 2.09 bits per heavy atom. The molecule has 0 aliphatic carbocycles. The third-order valence-electron chi connectivity index (χ3n) is 5.16. The second-order valence-corrected chi connectivity index (χ2v) is 10.1. The van der Waals surface area contributed by atoms with E-state index in [-0.39, 0.29) is 24.0 Å². The number of carbonyl (C=O) groups excluding carboxylic acids is 2. The molecule has 0 aromatic heterocycles. The first-order chi connectivity index (χ1) is 15.2. The fraction of sp³-hybridized carbons (Fsp3) is 0.364. The van der Waals surface area contributed by atoms with Crippen LogP contribution in [0.2, 0.25) is 0 Å². The molecule has 32 heavy (non-hydrogen) atoms. The quantitative estimate of drug-likeness (QED) is 0.579. The van der Waals surface area contributed by atoms with E-state index < -0.39 is 16.1 Å². The number of aryl methyl sites for hydroxylation is 1. The van der Waals surface area contributed by atoms with Crippen molar-refractivity contribution >= 4 is 43.6 Å². The highest BCUT2D eigenvalue weighted by Crippen LogP contribution is 2.26. The summed E-state index contributed by atoms with van der Waals surface area (Å²) in [4.78, 5) is 28.2. The lowest BCUT2D eigenvalue weighted by Gasteiger charge is -2.35. The van der Waals surface area contributed by atoms with Crippen molar-refractivity contribution in [2.24, 2.45) is 0 Å². The molecule has 0 radical (unpaired) electrons. The fourth-order valence-corrected chi connectivity index (χ4v) is 5.01. The Labute approximate surface area is 196 Å².